The van der Waals surface area contributed by atoms with Gasteiger partial charge in [0.25, 0.3) is 0 Å². The van der Waals surface area contributed by atoms with E-state index in [1.165, 1.54) is 6.07 Å². The fraction of sp³-hybridized carbons (Fsp3) is 0.370. The monoisotopic (exact) mass is 493 g/mol. The van der Waals surface area contributed by atoms with Crippen molar-refractivity contribution in [2.45, 2.75) is 13.0 Å². The summed E-state index contributed by atoms with van der Waals surface area (Å²) in [7, 11) is 1.62. The molecular weight excluding hydrogens is 462 g/mol. The van der Waals surface area contributed by atoms with Crippen LogP contribution in [0.25, 0.3) is 17.0 Å². The van der Waals surface area contributed by atoms with Gasteiger partial charge in [-0.05, 0) is 30.7 Å². The number of hydrogen-bond acceptors (Lipinski definition) is 8. The first-order valence-electron chi connectivity index (χ1n) is 12.2. The second-order valence-electron chi connectivity index (χ2n) is 9.20. The SMILES string of the molecule is COc1ccc2c(c1)c(/C=C1\Oc3cc(O)cc(O)c3C1=O)cn2CCN1CCN(CCCO)CC1. The smallest absolute Gasteiger partial charge is 0.235 e. The summed E-state index contributed by atoms with van der Waals surface area (Å²) < 4.78 is 13.3. The van der Waals surface area contributed by atoms with Gasteiger partial charge in [-0.25, -0.2) is 0 Å². The van der Waals surface area contributed by atoms with Gasteiger partial charge >= 0.3 is 0 Å². The van der Waals surface area contributed by atoms with Gasteiger partial charge in [-0.3, -0.25) is 9.69 Å². The van der Waals surface area contributed by atoms with Crippen LogP contribution in [0.15, 0.2) is 42.3 Å². The number of methoxy groups -OCH3 is 1. The van der Waals surface area contributed by atoms with Gasteiger partial charge < -0.3 is 34.3 Å². The molecule has 0 atom stereocenters. The van der Waals surface area contributed by atoms with Gasteiger partial charge in [-0.2, -0.15) is 0 Å². The zero-order valence-corrected chi connectivity index (χ0v) is 20.3. The largest absolute Gasteiger partial charge is 0.508 e. The van der Waals surface area contributed by atoms with Gasteiger partial charge in [-0.1, -0.05) is 0 Å². The number of fused-ring (bicyclic) bond motifs is 2. The first-order valence-corrected chi connectivity index (χ1v) is 12.2. The lowest BCUT2D eigenvalue weighted by Crippen LogP contribution is -2.47. The number of ketones is 1. The number of benzene rings is 2. The summed E-state index contributed by atoms with van der Waals surface area (Å²) in [5.41, 5.74) is 1.88. The summed E-state index contributed by atoms with van der Waals surface area (Å²) >= 11 is 0. The molecule has 1 aromatic heterocycles. The minimum Gasteiger partial charge on any atom is -0.508 e. The minimum atomic E-state index is -0.426. The van der Waals surface area contributed by atoms with Crippen LogP contribution in [0.1, 0.15) is 22.3 Å². The summed E-state index contributed by atoms with van der Waals surface area (Å²) in [4.78, 5) is 17.8. The average molecular weight is 494 g/mol. The summed E-state index contributed by atoms with van der Waals surface area (Å²) in [6, 6.07) is 8.33. The second-order valence-corrected chi connectivity index (χ2v) is 9.20. The standard InChI is InChI=1S/C27H31N3O6/c1-35-20-3-4-22-21(16-20)18(13-25-27(34)26-23(33)14-19(32)15-24(26)36-25)17-30(22)11-10-29-8-6-28(7-9-29)5-2-12-31/h3-4,13-17,31-33H,2,5-12H2,1H3/b25-13-. The molecule has 1 saturated heterocycles. The van der Waals surface area contributed by atoms with Crippen molar-refractivity contribution in [3.8, 4) is 23.0 Å². The third-order valence-corrected chi connectivity index (χ3v) is 6.90. The number of allylic oxidation sites excluding steroid dienone is 1. The molecule has 0 bridgehead atoms. The van der Waals surface area contributed by atoms with Gasteiger partial charge in [0.2, 0.25) is 5.78 Å². The predicted octanol–water partition coefficient (Wildman–Crippen LogP) is 2.68. The molecule has 3 N–H and O–H groups in total. The molecule has 5 rings (SSSR count). The Balaban J connectivity index is 1.38. The number of Topliss-reactive ketones (excluding diaryl/α,β-unsaturated/α-hetero) is 1. The van der Waals surface area contributed by atoms with Crippen molar-refractivity contribution >= 4 is 22.8 Å². The molecule has 9 heteroatoms. The van der Waals surface area contributed by atoms with Crippen molar-refractivity contribution in [1.82, 2.24) is 14.4 Å². The van der Waals surface area contributed by atoms with Crippen molar-refractivity contribution in [3.05, 3.63) is 53.4 Å². The van der Waals surface area contributed by atoms with E-state index in [4.69, 9.17) is 14.6 Å². The normalized spacial score (nSPS) is 17.6. The van der Waals surface area contributed by atoms with E-state index in [2.05, 4.69) is 14.4 Å². The first kappa shape index (κ1) is 24.2. The van der Waals surface area contributed by atoms with Gasteiger partial charge in [0.15, 0.2) is 5.76 Å². The minimum absolute atomic E-state index is 0.0542. The topological polar surface area (TPSA) is 108 Å². The molecule has 3 heterocycles. The summed E-state index contributed by atoms with van der Waals surface area (Å²) in [5.74, 6) is 0.0404. The van der Waals surface area contributed by atoms with E-state index in [-0.39, 0.29) is 35.2 Å². The molecule has 2 aliphatic heterocycles. The molecule has 9 nitrogen and oxygen atoms in total. The van der Waals surface area contributed by atoms with Crippen molar-refractivity contribution in [1.29, 1.82) is 0 Å². The third-order valence-electron chi connectivity index (χ3n) is 6.90. The first-order chi connectivity index (χ1) is 17.5. The Morgan fingerprint density at radius 3 is 2.50 bits per heavy atom. The van der Waals surface area contributed by atoms with Crippen LogP contribution in [0.5, 0.6) is 23.0 Å². The molecule has 0 aliphatic carbocycles. The third kappa shape index (κ3) is 4.77. The maximum Gasteiger partial charge on any atom is 0.235 e. The number of nitrogens with zero attached hydrogens (tertiary/aromatic N) is 3. The zero-order chi connectivity index (χ0) is 25.2. The number of rotatable bonds is 8. The van der Waals surface area contributed by atoms with Crippen LogP contribution in [0.4, 0.5) is 0 Å². The molecule has 0 unspecified atom stereocenters. The molecule has 0 amide bonds. The summed E-state index contributed by atoms with van der Waals surface area (Å²) in [5, 5.41) is 29.9. The highest BCUT2D eigenvalue weighted by molar-refractivity contribution is 6.16. The maximum atomic E-state index is 12.9. The summed E-state index contributed by atoms with van der Waals surface area (Å²) in [6.45, 7) is 6.84. The highest BCUT2D eigenvalue weighted by Crippen LogP contribution is 2.41. The van der Waals surface area contributed by atoms with Crippen LogP contribution in [0, 0.1) is 0 Å². The van der Waals surface area contributed by atoms with E-state index < -0.39 is 5.78 Å². The molecule has 0 spiro atoms. The maximum absolute atomic E-state index is 12.9. The second kappa shape index (κ2) is 10.2. The van der Waals surface area contributed by atoms with Crippen LogP contribution in [0.2, 0.25) is 0 Å². The highest BCUT2D eigenvalue weighted by Gasteiger charge is 2.31. The Kier molecular flexibility index (Phi) is 6.86. The van der Waals surface area contributed by atoms with Gasteiger partial charge in [-0.15, -0.1) is 0 Å². The van der Waals surface area contributed by atoms with Crippen molar-refractivity contribution in [2.75, 3.05) is 53.0 Å². The lowest BCUT2D eigenvalue weighted by atomic mass is 10.1. The number of piperazine rings is 1. The average Bonchev–Trinajstić information content (AvgIpc) is 3.38. The number of aliphatic hydroxyl groups excluding tert-OH is 1. The quantitative estimate of drug-likeness (QED) is 0.411. The number of ether oxygens (including phenoxy) is 2. The van der Waals surface area contributed by atoms with Crippen LogP contribution >= 0.6 is 0 Å². The van der Waals surface area contributed by atoms with Crippen LogP contribution < -0.4 is 9.47 Å². The van der Waals surface area contributed by atoms with Gasteiger partial charge in [0.05, 0.1) is 7.11 Å². The molecule has 1 fully saturated rings. The Bertz CT molecular complexity index is 1310. The number of hydrogen-bond donors (Lipinski definition) is 3. The molecule has 190 valence electrons. The zero-order valence-electron chi connectivity index (χ0n) is 20.3. The molecule has 36 heavy (non-hydrogen) atoms. The van der Waals surface area contributed by atoms with E-state index in [1.807, 2.05) is 24.4 Å². The van der Waals surface area contributed by atoms with E-state index in [0.717, 1.165) is 74.8 Å². The number of phenols is 2. The van der Waals surface area contributed by atoms with Crippen molar-refractivity contribution in [2.24, 2.45) is 0 Å². The Hall–Kier alpha value is -3.53. The Morgan fingerprint density at radius 1 is 1.03 bits per heavy atom. The molecule has 0 radical (unpaired) electrons. The Labute approximate surface area is 209 Å². The highest BCUT2D eigenvalue weighted by atomic mass is 16.5. The fourth-order valence-corrected chi connectivity index (χ4v) is 4.93. The number of phenolic OH excluding ortho intramolecular Hbond substituents is 2. The molecule has 2 aliphatic rings. The van der Waals surface area contributed by atoms with E-state index in [0.29, 0.717) is 5.75 Å². The number of carbonyl (C=O) groups is 1. The van der Waals surface area contributed by atoms with Crippen molar-refractivity contribution in [3.63, 3.8) is 0 Å². The number of aromatic hydroxyl groups is 2. The van der Waals surface area contributed by atoms with Crippen LogP contribution in [-0.4, -0.2) is 88.5 Å². The van der Waals surface area contributed by atoms with E-state index in [9.17, 15) is 15.0 Å². The molecular formula is C27H31N3O6. The van der Waals surface area contributed by atoms with Crippen molar-refractivity contribution < 1.29 is 29.6 Å². The Morgan fingerprint density at radius 2 is 1.78 bits per heavy atom. The van der Waals surface area contributed by atoms with Crippen LogP contribution in [0.3, 0.4) is 0 Å². The lowest BCUT2D eigenvalue weighted by Gasteiger charge is -2.34. The predicted molar refractivity (Wildman–Crippen MR) is 136 cm³/mol. The number of aliphatic hydroxyl groups is 1. The number of aromatic nitrogens is 1. The number of carbonyl (C=O) groups excluding carboxylic acids is 1. The van der Waals surface area contributed by atoms with Crippen LogP contribution in [-0.2, 0) is 6.54 Å². The lowest BCUT2D eigenvalue weighted by molar-refractivity contribution is 0.101. The summed E-state index contributed by atoms with van der Waals surface area (Å²) in [6.07, 6.45) is 4.50. The molecule has 2 aromatic carbocycles. The molecule has 0 saturated carbocycles. The van der Waals surface area contributed by atoms with Gasteiger partial charge in [0, 0.05) is 87.2 Å². The van der Waals surface area contributed by atoms with E-state index >= 15 is 0 Å². The van der Waals surface area contributed by atoms with Gasteiger partial charge in [0.1, 0.15) is 28.6 Å². The van der Waals surface area contributed by atoms with E-state index in [1.54, 1.807) is 13.2 Å². The fourth-order valence-electron chi connectivity index (χ4n) is 4.93. The molecule has 3 aromatic rings.